The third kappa shape index (κ3) is 8.47. The minimum Gasteiger partial charge on any atom is -0.329 e. The molecule has 0 bridgehead atoms. The molecule has 0 unspecified atom stereocenters. The molecule has 0 amide bonds. The molecule has 0 radical (unpaired) electrons. The van der Waals surface area contributed by atoms with Gasteiger partial charge in [-0.3, -0.25) is 0 Å². The summed E-state index contributed by atoms with van der Waals surface area (Å²) in [5, 5.41) is 0. The standard InChI is InChI=1S/C9H22N2O2S/c1-9(2)8-11(5-4-10)6-7-14(3,12)13/h9H,4-8,10H2,1-3H3. The Balaban J connectivity index is 3.96. The highest BCUT2D eigenvalue weighted by atomic mass is 32.2. The van der Waals surface area contributed by atoms with Crippen LogP contribution in [-0.4, -0.2) is 51.5 Å². The Morgan fingerprint density at radius 2 is 1.86 bits per heavy atom. The van der Waals surface area contributed by atoms with E-state index in [1.807, 2.05) is 0 Å². The Hall–Kier alpha value is -0.130. The van der Waals surface area contributed by atoms with Crippen molar-refractivity contribution in [3.8, 4) is 0 Å². The van der Waals surface area contributed by atoms with Crippen LogP contribution < -0.4 is 5.73 Å². The summed E-state index contributed by atoms with van der Waals surface area (Å²) in [6.45, 7) is 7.08. The maximum atomic E-state index is 11.0. The van der Waals surface area contributed by atoms with E-state index in [-0.39, 0.29) is 5.75 Å². The van der Waals surface area contributed by atoms with E-state index in [1.54, 1.807) is 0 Å². The van der Waals surface area contributed by atoms with Crippen molar-refractivity contribution in [2.75, 3.05) is 38.2 Å². The lowest BCUT2D eigenvalue weighted by Crippen LogP contribution is -2.36. The molecule has 0 heterocycles. The molecule has 0 aromatic rings. The van der Waals surface area contributed by atoms with Gasteiger partial charge in [-0.2, -0.15) is 0 Å². The zero-order valence-electron chi connectivity index (χ0n) is 9.36. The van der Waals surface area contributed by atoms with Gasteiger partial charge in [0.25, 0.3) is 0 Å². The van der Waals surface area contributed by atoms with Crippen molar-refractivity contribution >= 4 is 9.84 Å². The average Bonchev–Trinajstić information content (AvgIpc) is 1.98. The molecular formula is C9H22N2O2S. The summed E-state index contributed by atoms with van der Waals surface area (Å²) in [4.78, 5) is 2.10. The minimum atomic E-state index is -2.86. The van der Waals surface area contributed by atoms with Crippen LogP contribution in [0.15, 0.2) is 0 Å². The second-order valence-electron chi connectivity index (χ2n) is 4.11. The Kier molecular flexibility index (Phi) is 6.31. The van der Waals surface area contributed by atoms with Crippen LogP contribution in [-0.2, 0) is 9.84 Å². The lowest BCUT2D eigenvalue weighted by atomic mass is 10.2. The maximum Gasteiger partial charge on any atom is 0.148 e. The monoisotopic (exact) mass is 222 g/mol. The molecule has 0 atom stereocenters. The summed E-state index contributed by atoms with van der Waals surface area (Å²) >= 11 is 0. The number of rotatable bonds is 7. The van der Waals surface area contributed by atoms with Crippen LogP contribution in [0.5, 0.6) is 0 Å². The maximum absolute atomic E-state index is 11.0. The van der Waals surface area contributed by atoms with Gasteiger partial charge in [0, 0.05) is 32.4 Å². The van der Waals surface area contributed by atoms with Crippen LogP contribution in [0.25, 0.3) is 0 Å². The molecule has 0 spiro atoms. The van der Waals surface area contributed by atoms with Gasteiger partial charge in [0.2, 0.25) is 0 Å². The summed E-state index contributed by atoms with van der Waals surface area (Å²) in [5.41, 5.74) is 5.45. The molecule has 0 aliphatic rings. The van der Waals surface area contributed by atoms with Gasteiger partial charge in [-0.1, -0.05) is 13.8 Å². The first kappa shape index (κ1) is 13.9. The van der Waals surface area contributed by atoms with Crippen molar-refractivity contribution in [2.24, 2.45) is 11.7 Å². The first-order chi connectivity index (χ1) is 6.35. The first-order valence-corrected chi connectivity index (χ1v) is 7.01. The van der Waals surface area contributed by atoms with Crippen LogP contribution in [0.1, 0.15) is 13.8 Å². The van der Waals surface area contributed by atoms with Crippen molar-refractivity contribution in [3.63, 3.8) is 0 Å². The molecule has 0 aliphatic carbocycles. The van der Waals surface area contributed by atoms with E-state index in [4.69, 9.17) is 5.73 Å². The summed E-state index contributed by atoms with van der Waals surface area (Å²) in [5.74, 6) is 0.765. The van der Waals surface area contributed by atoms with Crippen molar-refractivity contribution in [1.29, 1.82) is 0 Å². The van der Waals surface area contributed by atoms with Gasteiger partial charge in [0.15, 0.2) is 0 Å². The SMILES string of the molecule is CC(C)CN(CCN)CCS(C)(=O)=O. The predicted molar refractivity (Wildman–Crippen MR) is 60.0 cm³/mol. The van der Waals surface area contributed by atoms with Crippen LogP contribution in [0.4, 0.5) is 0 Å². The van der Waals surface area contributed by atoms with Crippen LogP contribution in [0, 0.1) is 5.92 Å². The molecule has 0 saturated carbocycles. The Labute approximate surface area is 87.4 Å². The fourth-order valence-corrected chi connectivity index (χ4v) is 1.88. The summed E-state index contributed by atoms with van der Waals surface area (Å²) in [7, 11) is -2.86. The van der Waals surface area contributed by atoms with Crippen molar-refractivity contribution < 1.29 is 8.42 Å². The van der Waals surface area contributed by atoms with E-state index in [1.165, 1.54) is 6.26 Å². The lowest BCUT2D eigenvalue weighted by Gasteiger charge is -2.22. The Morgan fingerprint density at radius 1 is 1.29 bits per heavy atom. The fraction of sp³-hybridized carbons (Fsp3) is 1.00. The average molecular weight is 222 g/mol. The van der Waals surface area contributed by atoms with Crippen LogP contribution in [0.2, 0.25) is 0 Å². The molecule has 14 heavy (non-hydrogen) atoms. The summed E-state index contributed by atoms with van der Waals surface area (Å²) < 4.78 is 21.9. The van der Waals surface area contributed by atoms with Gasteiger partial charge >= 0.3 is 0 Å². The fourth-order valence-electron chi connectivity index (χ4n) is 1.29. The van der Waals surface area contributed by atoms with E-state index in [0.717, 1.165) is 13.1 Å². The van der Waals surface area contributed by atoms with Gasteiger partial charge in [-0.15, -0.1) is 0 Å². The normalized spacial score (nSPS) is 12.7. The van der Waals surface area contributed by atoms with E-state index >= 15 is 0 Å². The predicted octanol–water partition coefficient (Wildman–Crippen LogP) is -0.0523. The highest BCUT2D eigenvalue weighted by Crippen LogP contribution is 1.98. The molecule has 0 aromatic heterocycles. The minimum absolute atomic E-state index is 0.222. The third-order valence-corrected chi connectivity index (χ3v) is 2.77. The molecule has 0 rings (SSSR count). The number of nitrogens with two attached hydrogens (primary N) is 1. The number of hydrogen-bond acceptors (Lipinski definition) is 4. The molecule has 0 aromatic carbocycles. The molecule has 4 nitrogen and oxygen atoms in total. The van der Waals surface area contributed by atoms with Gasteiger partial charge in [0.1, 0.15) is 9.84 Å². The number of sulfone groups is 1. The van der Waals surface area contributed by atoms with Gasteiger partial charge in [-0.05, 0) is 5.92 Å². The summed E-state index contributed by atoms with van der Waals surface area (Å²) in [6.07, 6.45) is 1.27. The molecule has 5 heteroatoms. The molecule has 86 valence electrons. The van der Waals surface area contributed by atoms with Gasteiger partial charge in [-0.25, -0.2) is 8.42 Å². The van der Waals surface area contributed by atoms with Crippen LogP contribution in [0.3, 0.4) is 0 Å². The molecule has 2 N–H and O–H groups in total. The smallest absolute Gasteiger partial charge is 0.148 e. The number of hydrogen-bond donors (Lipinski definition) is 1. The third-order valence-electron chi connectivity index (χ3n) is 1.85. The second-order valence-corrected chi connectivity index (χ2v) is 6.37. The van der Waals surface area contributed by atoms with Crippen molar-refractivity contribution in [2.45, 2.75) is 13.8 Å². The quantitative estimate of drug-likeness (QED) is 0.656. The second kappa shape index (κ2) is 6.37. The largest absolute Gasteiger partial charge is 0.329 e. The zero-order chi connectivity index (χ0) is 11.2. The van der Waals surface area contributed by atoms with E-state index in [9.17, 15) is 8.42 Å². The van der Waals surface area contributed by atoms with Crippen LogP contribution >= 0.6 is 0 Å². The summed E-state index contributed by atoms with van der Waals surface area (Å²) in [6, 6.07) is 0. The number of nitrogens with zero attached hydrogens (tertiary/aromatic N) is 1. The molecular weight excluding hydrogens is 200 g/mol. The van der Waals surface area contributed by atoms with Gasteiger partial charge < -0.3 is 10.6 Å². The first-order valence-electron chi connectivity index (χ1n) is 4.95. The zero-order valence-corrected chi connectivity index (χ0v) is 10.2. The van der Waals surface area contributed by atoms with E-state index in [2.05, 4.69) is 18.7 Å². The lowest BCUT2D eigenvalue weighted by molar-refractivity contribution is 0.264. The highest BCUT2D eigenvalue weighted by molar-refractivity contribution is 7.90. The highest BCUT2D eigenvalue weighted by Gasteiger charge is 2.09. The molecule has 0 aliphatic heterocycles. The van der Waals surface area contributed by atoms with Gasteiger partial charge in [0.05, 0.1) is 5.75 Å². The topological polar surface area (TPSA) is 63.4 Å². The molecule has 0 fully saturated rings. The Morgan fingerprint density at radius 3 is 2.21 bits per heavy atom. The van der Waals surface area contributed by atoms with E-state index in [0.29, 0.717) is 19.0 Å². The molecule has 0 saturated heterocycles. The Bertz CT molecular complexity index is 237. The van der Waals surface area contributed by atoms with Crippen molar-refractivity contribution in [1.82, 2.24) is 4.90 Å². The van der Waals surface area contributed by atoms with Crippen molar-refractivity contribution in [3.05, 3.63) is 0 Å². The van der Waals surface area contributed by atoms with E-state index < -0.39 is 9.84 Å².